The number of aliphatic hydroxyl groups is 1. The third kappa shape index (κ3) is 2.56. The van der Waals surface area contributed by atoms with Gasteiger partial charge in [-0.05, 0) is 19.1 Å². The summed E-state index contributed by atoms with van der Waals surface area (Å²) in [6, 6.07) is 7.05. The maximum absolute atomic E-state index is 11.5. The summed E-state index contributed by atoms with van der Waals surface area (Å²) in [6.45, 7) is 1.69. The number of anilines is 1. The molecule has 1 aromatic rings. The first kappa shape index (κ1) is 12.7. The molecular weight excluding hydrogens is 262 g/mol. The van der Waals surface area contributed by atoms with Crippen LogP contribution in [0.4, 0.5) is 5.69 Å². The van der Waals surface area contributed by atoms with Crippen LogP contribution in [0.15, 0.2) is 24.3 Å². The maximum atomic E-state index is 11.5. The molecule has 0 amide bonds. The van der Waals surface area contributed by atoms with Gasteiger partial charge < -0.3 is 10.4 Å². The second kappa shape index (κ2) is 4.15. The molecule has 0 spiro atoms. The van der Waals surface area contributed by atoms with Crippen LogP contribution in [0.1, 0.15) is 6.92 Å². The Hall–Kier alpha value is -0.780. The molecule has 0 radical (unpaired) electrons. The minimum absolute atomic E-state index is 0.0909. The summed E-state index contributed by atoms with van der Waals surface area (Å²) in [6.07, 6.45) is -0.927. The Labute approximate surface area is 106 Å². The van der Waals surface area contributed by atoms with Gasteiger partial charge in [0.15, 0.2) is 9.84 Å². The summed E-state index contributed by atoms with van der Waals surface area (Å²) in [5, 5.41) is 13.4. The second-order valence-corrected chi connectivity index (χ2v) is 7.11. The van der Waals surface area contributed by atoms with Gasteiger partial charge in [-0.25, -0.2) is 8.42 Å². The fourth-order valence-corrected chi connectivity index (χ4v) is 4.35. The molecule has 2 atom stereocenters. The largest absolute Gasteiger partial charge is 0.390 e. The number of benzene rings is 1. The van der Waals surface area contributed by atoms with Crippen LogP contribution in [0.2, 0.25) is 5.02 Å². The van der Waals surface area contributed by atoms with Crippen molar-refractivity contribution in [2.75, 3.05) is 16.8 Å². The quantitative estimate of drug-likeness (QED) is 0.854. The van der Waals surface area contributed by atoms with Gasteiger partial charge in [-0.3, -0.25) is 0 Å². The molecule has 1 heterocycles. The van der Waals surface area contributed by atoms with E-state index in [1.165, 1.54) is 0 Å². The van der Waals surface area contributed by atoms with E-state index >= 15 is 0 Å². The molecule has 6 heteroatoms. The zero-order valence-corrected chi connectivity index (χ0v) is 10.9. The molecule has 0 aliphatic carbocycles. The highest BCUT2D eigenvalue weighted by Crippen LogP contribution is 2.31. The van der Waals surface area contributed by atoms with Gasteiger partial charge in [0.2, 0.25) is 0 Å². The molecule has 1 aliphatic heterocycles. The van der Waals surface area contributed by atoms with E-state index in [1.54, 1.807) is 31.2 Å². The molecule has 2 rings (SSSR count). The number of halogens is 1. The Morgan fingerprint density at radius 3 is 2.65 bits per heavy atom. The summed E-state index contributed by atoms with van der Waals surface area (Å²) in [4.78, 5) is 0. The van der Waals surface area contributed by atoms with Gasteiger partial charge in [0.25, 0.3) is 0 Å². The Bertz CT molecular complexity index is 531. The van der Waals surface area contributed by atoms with E-state index in [2.05, 4.69) is 5.32 Å². The number of rotatable bonds is 2. The van der Waals surface area contributed by atoms with E-state index in [4.69, 9.17) is 11.6 Å². The van der Waals surface area contributed by atoms with Crippen molar-refractivity contribution in [3.8, 4) is 0 Å². The smallest absolute Gasteiger partial charge is 0.155 e. The van der Waals surface area contributed by atoms with Gasteiger partial charge in [0.1, 0.15) is 0 Å². The van der Waals surface area contributed by atoms with E-state index in [9.17, 15) is 13.5 Å². The van der Waals surface area contributed by atoms with Crippen molar-refractivity contribution < 1.29 is 13.5 Å². The monoisotopic (exact) mass is 275 g/mol. The minimum Gasteiger partial charge on any atom is -0.390 e. The van der Waals surface area contributed by atoms with Crippen LogP contribution in [0.5, 0.6) is 0 Å². The van der Waals surface area contributed by atoms with Crippen molar-refractivity contribution in [1.29, 1.82) is 0 Å². The Kier molecular flexibility index (Phi) is 3.10. The molecule has 0 bridgehead atoms. The first-order valence-corrected chi connectivity index (χ1v) is 7.44. The lowest BCUT2D eigenvalue weighted by Gasteiger charge is -2.29. The average Bonchev–Trinajstić information content (AvgIpc) is 2.39. The molecule has 17 heavy (non-hydrogen) atoms. The predicted octanol–water partition coefficient (Wildman–Crippen LogP) is 1.30. The van der Waals surface area contributed by atoms with Crippen LogP contribution >= 0.6 is 11.6 Å². The van der Waals surface area contributed by atoms with Gasteiger partial charge in [-0.2, -0.15) is 0 Å². The second-order valence-electron chi connectivity index (χ2n) is 4.59. The fourth-order valence-electron chi connectivity index (χ4n) is 2.03. The fraction of sp³-hybridized carbons (Fsp3) is 0.455. The van der Waals surface area contributed by atoms with Crippen LogP contribution in [0.3, 0.4) is 0 Å². The third-order valence-corrected chi connectivity index (χ3v) is 5.15. The molecular formula is C11H14ClNO3S. The van der Waals surface area contributed by atoms with Crippen LogP contribution in [-0.2, 0) is 9.84 Å². The average molecular weight is 276 g/mol. The number of para-hydroxylation sites is 1. The molecule has 1 saturated heterocycles. The summed E-state index contributed by atoms with van der Waals surface area (Å²) in [7, 11) is -3.19. The first-order chi connectivity index (χ1) is 7.82. The van der Waals surface area contributed by atoms with Gasteiger partial charge in [0, 0.05) is 0 Å². The molecule has 1 aromatic carbocycles. The summed E-state index contributed by atoms with van der Waals surface area (Å²) < 4.78 is 23.0. The summed E-state index contributed by atoms with van der Waals surface area (Å²) in [5.41, 5.74) is -0.253. The lowest BCUT2D eigenvalue weighted by atomic mass is 9.98. The van der Waals surface area contributed by atoms with Gasteiger partial charge in [-0.1, -0.05) is 23.7 Å². The normalized spacial score (nSPS) is 31.4. The highest BCUT2D eigenvalue weighted by atomic mass is 35.5. The van der Waals surface area contributed by atoms with Gasteiger partial charge in [-0.15, -0.1) is 0 Å². The lowest BCUT2D eigenvalue weighted by molar-refractivity contribution is 0.147. The van der Waals surface area contributed by atoms with E-state index in [0.29, 0.717) is 10.7 Å². The molecule has 94 valence electrons. The highest BCUT2D eigenvalue weighted by Gasteiger charge is 2.46. The van der Waals surface area contributed by atoms with Crippen molar-refractivity contribution >= 4 is 27.1 Å². The number of nitrogens with one attached hydrogen (secondary N) is 1. The highest BCUT2D eigenvalue weighted by molar-refractivity contribution is 7.91. The standard InChI is InChI=1S/C11H14ClNO3S/c1-11(7-17(15,16)6-10(11)14)13-9-5-3-2-4-8(9)12/h2-5,10,13-14H,6-7H2,1H3/t10-,11+/m1/s1. The Morgan fingerprint density at radius 2 is 2.12 bits per heavy atom. The zero-order chi connectivity index (χ0) is 12.7. The van der Waals surface area contributed by atoms with Crippen LogP contribution in [0.25, 0.3) is 0 Å². The molecule has 0 aromatic heterocycles. The number of hydrogen-bond donors (Lipinski definition) is 2. The SMILES string of the molecule is C[C@]1(Nc2ccccc2Cl)CS(=O)(=O)C[C@H]1O. The van der Waals surface area contributed by atoms with Crippen molar-refractivity contribution in [3.05, 3.63) is 29.3 Å². The Morgan fingerprint density at radius 1 is 1.47 bits per heavy atom. The van der Waals surface area contributed by atoms with Crippen LogP contribution < -0.4 is 5.32 Å². The van der Waals surface area contributed by atoms with E-state index < -0.39 is 21.5 Å². The van der Waals surface area contributed by atoms with Gasteiger partial charge in [0.05, 0.1) is 33.9 Å². The summed E-state index contributed by atoms with van der Waals surface area (Å²) >= 11 is 5.99. The molecule has 4 nitrogen and oxygen atoms in total. The first-order valence-electron chi connectivity index (χ1n) is 5.24. The maximum Gasteiger partial charge on any atom is 0.155 e. The van der Waals surface area contributed by atoms with E-state index in [-0.39, 0.29) is 11.5 Å². The van der Waals surface area contributed by atoms with Crippen molar-refractivity contribution in [2.45, 2.75) is 18.6 Å². The number of aliphatic hydroxyl groups excluding tert-OH is 1. The topological polar surface area (TPSA) is 66.4 Å². The van der Waals surface area contributed by atoms with Crippen molar-refractivity contribution in [2.24, 2.45) is 0 Å². The summed E-state index contributed by atoms with van der Waals surface area (Å²) in [5.74, 6) is -0.298. The lowest BCUT2D eigenvalue weighted by Crippen LogP contribution is -2.45. The van der Waals surface area contributed by atoms with E-state index in [0.717, 1.165) is 0 Å². The molecule has 1 aliphatic rings. The molecule has 1 fully saturated rings. The molecule has 0 saturated carbocycles. The molecule has 0 unspecified atom stereocenters. The molecule has 2 N–H and O–H groups in total. The third-order valence-electron chi connectivity index (χ3n) is 2.96. The van der Waals surface area contributed by atoms with Crippen LogP contribution in [0, 0.1) is 0 Å². The van der Waals surface area contributed by atoms with Crippen molar-refractivity contribution in [1.82, 2.24) is 0 Å². The predicted molar refractivity (Wildman–Crippen MR) is 68.1 cm³/mol. The van der Waals surface area contributed by atoms with Gasteiger partial charge >= 0.3 is 0 Å². The van der Waals surface area contributed by atoms with Crippen molar-refractivity contribution in [3.63, 3.8) is 0 Å². The minimum atomic E-state index is -3.19. The van der Waals surface area contributed by atoms with E-state index in [1.807, 2.05) is 0 Å². The number of hydrogen-bond acceptors (Lipinski definition) is 4. The van der Waals surface area contributed by atoms with Crippen LogP contribution in [-0.4, -0.2) is 36.7 Å². The number of sulfone groups is 1. The Balaban J connectivity index is 2.27. The zero-order valence-electron chi connectivity index (χ0n) is 9.35.